The van der Waals surface area contributed by atoms with Gasteiger partial charge in [0, 0.05) is 0 Å². The molecule has 0 amide bonds. The van der Waals surface area contributed by atoms with Crippen LogP contribution in [0, 0.1) is 0 Å². The molecule has 1 atom stereocenters. The van der Waals surface area contributed by atoms with Gasteiger partial charge in [-0.05, 0) is 6.08 Å². The fourth-order valence-corrected chi connectivity index (χ4v) is 0.308. The highest BCUT2D eigenvalue weighted by molar-refractivity contribution is 4.84. The Labute approximate surface area is 41.3 Å². The van der Waals surface area contributed by atoms with Crippen molar-refractivity contribution in [3.05, 3.63) is 12.3 Å². The summed E-state index contributed by atoms with van der Waals surface area (Å²) < 4.78 is 0. The Balaban J connectivity index is 2.36. The molecule has 1 heterocycles. The second-order valence-corrected chi connectivity index (χ2v) is 1.22. The molecule has 4 heteroatoms. The summed E-state index contributed by atoms with van der Waals surface area (Å²) in [5.41, 5.74) is 10.3. The highest BCUT2D eigenvalue weighted by atomic mass is 16.7. The number of nitrogens with two attached hydrogens (primary N) is 1. The van der Waals surface area contributed by atoms with Crippen LogP contribution in [0.4, 0.5) is 0 Å². The predicted octanol–water partition coefficient (Wildman–Crippen LogP) is -1.18. The Hall–Kier alpha value is -0.580. The number of hydrogen-bond acceptors (Lipinski definition) is 4. The Morgan fingerprint density at radius 3 is 2.86 bits per heavy atom. The summed E-state index contributed by atoms with van der Waals surface area (Å²) in [6.45, 7) is 0. The van der Waals surface area contributed by atoms with Gasteiger partial charge in [-0.1, -0.05) is 5.59 Å². The average Bonchev–Trinajstić information content (AvgIpc) is 1.69. The number of nitrogens with one attached hydrogen (secondary N) is 2. The fraction of sp³-hybridized carbons (Fsp3) is 0.333. The van der Waals surface area contributed by atoms with Gasteiger partial charge in [0.2, 0.25) is 0 Å². The van der Waals surface area contributed by atoms with Crippen molar-refractivity contribution in [3.63, 3.8) is 0 Å². The van der Waals surface area contributed by atoms with Crippen molar-refractivity contribution >= 4 is 0 Å². The third-order valence-corrected chi connectivity index (χ3v) is 0.638. The Morgan fingerprint density at radius 1 is 1.71 bits per heavy atom. The smallest absolute Gasteiger partial charge is 0.112 e. The Bertz CT molecular complexity index is 82.2. The van der Waals surface area contributed by atoms with Gasteiger partial charge in [-0.15, -0.1) is 0 Å². The minimum atomic E-state index is -0.131. The molecule has 1 rings (SSSR count). The first-order valence-electron chi connectivity index (χ1n) is 1.98. The van der Waals surface area contributed by atoms with E-state index in [2.05, 4.69) is 15.9 Å². The van der Waals surface area contributed by atoms with Crippen molar-refractivity contribution in [2.45, 2.75) is 6.17 Å². The van der Waals surface area contributed by atoms with Gasteiger partial charge in [-0.25, -0.2) is 5.43 Å². The summed E-state index contributed by atoms with van der Waals surface area (Å²) in [6, 6.07) is 0. The normalized spacial score (nSPS) is 29.6. The first-order valence-corrected chi connectivity index (χ1v) is 1.98. The lowest BCUT2D eigenvalue weighted by Gasteiger charge is -2.13. The van der Waals surface area contributed by atoms with Gasteiger partial charge in [0.25, 0.3) is 0 Å². The molecule has 0 fully saturated rings. The van der Waals surface area contributed by atoms with Crippen molar-refractivity contribution in [1.82, 2.24) is 11.0 Å². The third-order valence-electron chi connectivity index (χ3n) is 0.638. The van der Waals surface area contributed by atoms with Crippen LogP contribution in [0.15, 0.2) is 12.3 Å². The van der Waals surface area contributed by atoms with Crippen molar-refractivity contribution in [1.29, 1.82) is 0 Å². The van der Waals surface area contributed by atoms with E-state index in [0.29, 0.717) is 0 Å². The minimum absolute atomic E-state index is 0.131. The zero-order valence-corrected chi connectivity index (χ0v) is 3.72. The minimum Gasteiger partial charge on any atom is -0.402 e. The zero-order valence-electron chi connectivity index (χ0n) is 3.72. The molecule has 0 aromatic rings. The lowest BCUT2D eigenvalue weighted by Crippen LogP contribution is -2.46. The summed E-state index contributed by atoms with van der Waals surface area (Å²) >= 11 is 0. The van der Waals surface area contributed by atoms with Gasteiger partial charge in [-0.3, -0.25) is 0 Å². The van der Waals surface area contributed by atoms with Crippen LogP contribution in [-0.4, -0.2) is 6.17 Å². The molecule has 0 bridgehead atoms. The first-order chi connectivity index (χ1) is 3.39. The average molecular weight is 101 g/mol. The molecule has 4 N–H and O–H groups in total. The lowest BCUT2D eigenvalue weighted by atomic mass is 10.5. The van der Waals surface area contributed by atoms with Crippen LogP contribution in [-0.2, 0) is 4.84 Å². The topological polar surface area (TPSA) is 59.3 Å². The van der Waals surface area contributed by atoms with E-state index in [1.54, 1.807) is 6.08 Å². The molecule has 1 unspecified atom stereocenters. The van der Waals surface area contributed by atoms with E-state index in [4.69, 9.17) is 5.73 Å². The zero-order chi connectivity index (χ0) is 5.11. The van der Waals surface area contributed by atoms with Crippen molar-refractivity contribution in [2.75, 3.05) is 0 Å². The molecule has 1 aliphatic rings. The molecule has 0 aliphatic carbocycles. The maximum atomic E-state index is 5.29. The fourth-order valence-electron chi connectivity index (χ4n) is 0.308. The van der Waals surface area contributed by atoms with E-state index in [1.807, 2.05) is 0 Å². The van der Waals surface area contributed by atoms with E-state index in [9.17, 15) is 0 Å². The lowest BCUT2D eigenvalue weighted by molar-refractivity contribution is 0.0706. The predicted molar refractivity (Wildman–Crippen MR) is 24.5 cm³/mol. The van der Waals surface area contributed by atoms with Crippen molar-refractivity contribution in [2.24, 2.45) is 5.73 Å². The van der Waals surface area contributed by atoms with E-state index in [1.165, 1.54) is 6.26 Å². The molecule has 0 spiro atoms. The van der Waals surface area contributed by atoms with Gasteiger partial charge >= 0.3 is 0 Å². The largest absolute Gasteiger partial charge is 0.402 e. The molecular weight excluding hydrogens is 94.1 g/mol. The highest BCUT2D eigenvalue weighted by Gasteiger charge is 1.96. The van der Waals surface area contributed by atoms with Crippen molar-refractivity contribution in [3.8, 4) is 0 Å². The van der Waals surface area contributed by atoms with Crippen LogP contribution in [0.3, 0.4) is 0 Å². The Morgan fingerprint density at radius 2 is 2.57 bits per heavy atom. The SMILES string of the molecule is NC1C=CONN1. The number of hydrazine groups is 1. The molecule has 0 saturated heterocycles. The summed E-state index contributed by atoms with van der Waals surface area (Å²) in [7, 11) is 0. The van der Waals surface area contributed by atoms with Crippen LogP contribution in [0.5, 0.6) is 0 Å². The quantitative estimate of drug-likeness (QED) is 0.359. The van der Waals surface area contributed by atoms with Crippen LogP contribution < -0.4 is 16.7 Å². The maximum Gasteiger partial charge on any atom is 0.112 e. The van der Waals surface area contributed by atoms with Gasteiger partial charge < -0.3 is 10.6 Å². The molecule has 0 aromatic heterocycles. The molecule has 0 radical (unpaired) electrons. The van der Waals surface area contributed by atoms with Crippen LogP contribution in [0.25, 0.3) is 0 Å². The summed E-state index contributed by atoms with van der Waals surface area (Å²) in [4.78, 5) is 4.52. The maximum absolute atomic E-state index is 5.29. The highest BCUT2D eigenvalue weighted by Crippen LogP contribution is 1.80. The number of rotatable bonds is 0. The van der Waals surface area contributed by atoms with E-state index in [-0.39, 0.29) is 6.17 Å². The first kappa shape index (κ1) is 4.58. The van der Waals surface area contributed by atoms with E-state index < -0.39 is 0 Å². The van der Waals surface area contributed by atoms with Gasteiger partial charge in [0.05, 0.1) is 6.17 Å². The Kier molecular flexibility index (Phi) is 1.26. The van der Waals surface area contributed by atoms with Gasteiger partial charge in [-0.2, -0.15) is 0 Å². The molecule has 1 aliphatic heterocycles. The third kappa shape index (κ3) is 1.15. The molecule has 7 heavy (non-hydrogen) atoms. The van der Waals surface area contributed by atoms with Gasteiger partial charge in [0.15, 0.2) is 0 Å². The second kappa shape index (κ2) is 1.92. The van der Waals surface area contributed by atoms with Crippen LogP contribution in [0.1, 0.15) is 0 Å². The molecule has 40 valence electrons. The monoisotopic (exact) mass is 101 g/mol. The molecule has 0 aromatic carbocycles. The van der Waals surface area contributed by atoms with E-state index in [0.717, 1.165) is 0 Å². The van der Waals surface area contributed by atoms with Crippen LogP contribution in [0.2, 0.25) is 0 Å². The summed E-state index contributed by atoms with van der Waals surface area (Å²) in [5, 5.41) is 0. The van der Waals surface area contributed by atoms with Crippen molar-refractivity contribution < 1.29 is 4.84 Å². The van der Waals surface area contributed by atoms with E-state index >= 15 is 0 Å². The summed E-state index contributed by atoms with van der Waals surface area (Å²) in [6.07, 6.45) is 3.05. The second-order valence-electron chi connectivity index (χ2n) is 1.22. The molecular formula is C3H7N3O. The number of hydrogen-bond donors (Lipinski definition) is 3. The molecule has 4 nitrogen and oxygen atoms in total. The standard InChI is InChI=1S/C3H7N3O/c4-3-1-2-7-6-5-3/h1-3,5-6H,4H2. The van der Waals surface area contributed by atoms with Gasteiger partial charge in [0.1, 0.15) is 6.26 Å². The summed E-state index contributed by atoms with van der Waals surface area (Å²) in [5.74, 6) is 0. The molecule has 0 saturated carbocycles. The van der Waals surface area contributed by atoms with Crippen LogP contribution >= 0.6 is 0 Å².